The van der Waals surface area contributed by atoms with Crippen LogP contribution in [0.25, 0.3) is 0 Å². The number of halogens is 4. The zero-order valence-corrected chi connectivity index (χ0v) is 12.6. The van der Waals surface area contributed by atoms with E-state index in [9.17, 15) is 13.6 Å². The summed E-state index contributed by atoms with van der Waals surface area (Å²) in [5, 5.41) is 0. The monoisotopic (exact) mass is 419 g/mol. The van der Waals surface area contributed by atoms with Crippen LogP contribution in [0.1, 0.15) is 24.5 Å². The maximum atomic E-state index is 12.8. The number of alkyl halides is 2. The van der Waals surface area contributed by atoms with E-state index >= 15 is 0 Å². The molecule has 3 nitrogen and oxygen atoms in total. The van der Waals surface area contributed by atoms with Crippen LogP contribution in [0.15, 0.2) is 10.7 Å². The van der Waals surface area contributed by atoms with Gasteiger partial charge in [0.25, 0.3) is 6.43 Å². The summed E-state index contributed by atoms with van der Waals surface area (Å²) in [6.45, 7) is 1.89. The first kappa shape index (κ1) is 14.7. The molecular weight excluding hydrogens is 411 g/mol. The molecule has 0 N–H and O–H groups in total. The van der Waals surface area contributed by atoms with Crippen molar-refractivity contribution >= 4 is 44.5 Å². The van der Waals surface area contributed by atoms with Crippen molar-refractivity contribution in [2.24, 2.45) is 0 Å². The lowest BCUT2D eigenvalue weighted by atomic mass is 10.1. The summed E-state index contributed by atoms with van der Waals surface area (Å²) in [6.07, 6.45) is -2.86. The van der Waals surface area contributed by atoms with E-state index in [1.807, 2.05) is 22.6 Å². The standard InChI is InChI=1S/C10H9BrF2INO2/c1-2-17-7(16)4-5-3-6(14)15-9(11)8(5)10(12)13/h3,10H,2,4H2,1H3. The van der Waals surface area contributed by atoms with Gasteiger partial charge in [-0.25, -0.2) is 13.8 Å². The minimum atomic E-state index is -2.68. The van der Waals surface area contributed by atoms with Crippen molar-refractivity contribution in [2.75, 3.05) is 6.61 Å². The summed E-state index contributed by atoms with van der Waals surface area (Å²) < 4.78 is 31.0. The molecule has 0 unspecified atom stereocenters. The molecular formula is C10H9BrF2INO2. The van der Waals surface area contributed by atoms with Crippen molar-refractivity contribution < 1.29 is 18.3 Å². The molecule has 94 valence electrons. The van der Waals surface area contributed by atoms with Gasteiger partial charge in [0.15, 0.2) is 0 Å². The fraction of sp³-hybridized carbons (Fsp3) is 0.400. The number of hydrogen-bond donors (Lipinski definition) is 0. The molecule has 1 aromatic rings. The number of aromatic nitrogens is 1. The van der Waals surface area contributed by atoms with Crippen LogP contribution in [0.4, 0.5) is 8.78 Å². The summed E-state index contributed by atoms with van der Waals surface area (Å²) in [6, 6.07) is 1.46. The predicted molar refractivity (Wildman–Crippen MR) is 69.9 cm³/mol. The van der Waals surface area contributed by atoms with Crippen LogP contribution < -0.4 is 0 Å². The molecule has 0 aliphatic carbocycles. The second-order valence-corrected chi connectivity index (χ2v) is 4.95. The van der Waals surface area contributed by atoms with Gasteiger partial charge in [0.2, 0.25) is 0 Å². The number of pyridine rings is 1. The van der Waals surface area contributed by atoms with E-state index in [-0.39, 0.29) is 28.8 Å². The van der Waals surface area contributed by atoms with E-state index in [0.29, 0.717) is 3.70 Å². The SMILES string of the molecule is CCOC(=O)Cc1cc(I)nc(Br)c1C(F)F. The first-order chi connectivity index (χ1) is 7.95. The Bertz CT molecular complexity index is 429. The first-order valence-corrected chi connectivity index (χ1v) is 6.61. The normalized spacial score (nSPS) is 10.7. The van der Waals surface area contributed by atoms with Gasteiger partial charge in [-0.1, -0.05) is 0 Å². The zero-order chi connectivity index (χ0) is 13.0. The quantitative estimate of drug-likeness (QED) is 0.426. The number of hydrogen-bond acceptors (Lipinski definition) is 3. The molecule has 1 rings (SSSR count). The first-order valence-electron chi connectivity index (χ1n) is 4.74. The molecule has 0 radical (unpaired) electrons. The molecule has 0 fully saturated rings. The molecule has 7 heteroatoms. The second kappa shape index (κ2) is 6.58. The van der Waals surface area contributed by atoms with Crippen molar-refractivity contribution in [1.29, 1.82) is 0 Å². The van der Waals surface area contributed by atoms with Crippen molar-refractivity contribution in [3.05, 3.63) is 25.5 Å². The molecule has 0 aliphatic rings. The van der Waals surface area contributed by atoms with Gasteiger partial charge in [-0.2, -0.15) is 0 Å². The average Bonchev–Trinajstić information content (AvgIpc) is 2.15. The van der Waals surface area contributed by atoms with E-state index in [2.05, 4.69) is 20.9 Å². The van der Waals surface area contributed by atoms with Crippen molar-refractivity contribution in [3.8, 4) is 0 Å². The van der Waals surface area contributed by atoms with Crippen LogP contribution in [0.2, 0.25) is 0 Å². The lowest BCUT2D eigenvalue weighted by Gasteiger charge is -2.10. The Morgan fingerprint density at radius 3 is 2.82 bits per heavy atom. The van der Waals surface area contributed by atoms with E-state index in [1.54, 1.807) is 6.92 Å². The van der Waals surface area contributed by atoms with Gasteiger partial charge in [-0.15, -0.1) is 0 Å². The van der Waals surface area contributed by atoms with Gasteiger partial charge in [-0.05, 0) is 57.1 Å². The maximum absolute atomic E-state index is 12.8. The fourth-order valence-corrected chi connectivity index (χ4v) is 2.85. The Labute approximate surface area is 119 Å². The van der Waals surface area contributed by atoms with Gasteiger partial charge in [0, 0.05) is 0 Å². The molecule has 0 spiro atoms. The number of esters is 1. The number of carbonyl (C=O) groups excluding carboxylic acids is 1. The minimum absolute atomic E-state index is 0.0682. The van der Waals surface area contributed by atoms with Crippen LogP contribution in [-0.4, -0.2) is 17.6 Å². The smallest absolute Gasteiger partial charge is 0.310 e. The van der Waals surface area contributed by atoms with Crippen LogP contribution in [0.5, 0.6) is 0 Å². The Morgan fingerprint density at radius 1 is 1.65 bits per heavy atom. The molecule has 0 aromatic carbocycles. The molecule has 0 atom stereocenters. The minimum Gasteiger partial charge on any atom is -0.466 e. The third-order valence-electron chi connectivity index (χ3n) is 1.92. The van der Waals surface area contributed by atoms with Crippen LogP contribution in [0.3, 0.4) is 0 Å². The van der Waals surface area contributed by atoms with Crippen molar-refractivity contribution in [3.63, 3.8) is 0 Å². The van der Waals surface area contributed by atoms with Crippen LogP contribution in [-0.2, 0) is 16.0 Å². The van der Waals surface area contributed by atoms with Gasteiger partial charge >= 0.3 is 5.97 Å². The van der Waals surface area contributed by atoms with Gasteiger partial charge in [0.05, 0.1) is 18.6 Å². The Kier molecular flexibility index (Phi) is 5.71. The molecule has 0 saturated carbocycles. The molecule has 1 aromatic heterocycles. The number of nitrogens with zero attached hydrogens (tertiary/aromatic N) is 1. The third-order valence-corrected chi connectivity index (χ3v) is 3.08. The highest BCUT2D eigenvalue weighted by Crippen LogP contribution is 2.30. The second-order valence-electron chi connectivity index (χ2n) is 3.09. The highest BCUT2D eigenvalue weighted by molar-refractivity contribution is 14.1. The summed E-state index contributed by atoms with van der Waals surface area (Å²) in [7, 11) is 0. The largest absolute Gasteiger partial charge is 0.466 e. The topological polar surface area (TPSA) is 39.2 Å². The Morgan fingerprint density at radius 2 is 2.29 bits per heavy atom. The predicted octanol–water partition coefficient (Wildman–Crippen LogP) is 3.49. The highest BCUT2D eigenvalue weighted by atomic mass is 127. The van der Waals surface area contributed by atoms with Gasteiger partial charge < -0.3 is 4.74 Å². The van der Waals surface area contributed by atoms with Gasteiger partial charge in [0.1, 0.15) is 8.30 Å². The van der Waals surface area contributed by atoms with Crippen molar-refractivity contribution in [2.45, 2.75) is 19.8 Å². The van der Waals surface area contributed by atoms with Crippen LogP contribution in [0, 0.1) is 3.70 Å². The van der Waals surface area contributed by atoms with Crippen molar-refractivity contribution in [1.82, 2.24) is 4.98 Å². The molecule has 0 amide bonds. The molecule has 0 bridgehead atoms. The Hall–Kier alpha value is -0.310. The molecule has 17 heavy (non-hydrogen) atoms. The van der Waals surface area contributed by atoms with Gasteiger partial charge in [-0.3, -0.25) is 4.79 Å². The molecule has 1 heterocycles. The van der Waals surface area contributed by atoms with E-state index in [0.717, 1.165) is 0 Å². The maximum Gasteiger partial charge on any atom is 0.310 e. The van der Waals surface area contributed by atoms with Crippen LogP contribution >= 0.6 is 38.5 Å². The third kappa shape index (κ3) is 4.13. The van der Waals surface area contributed by atoms with E-state index in [4.69, 9.17) is 4.74 Å². The highest BCUT2D eigenvalue weighted by Gasteiger charge is 2.21. The lowest BCUT2D eigenvalue weighted by Crippen LogP contribution is -2.11. The zero-order valence-electron chi connectivity index (χ0n) is 8.84. The Balaban J connectivity index is 3.08. The molecule has 0 saturated heterocycles. The molecule has 0 aliphatic heterocycles. The summed E-state index contributed by atoms with van der Waals surface area (Å²) in [5.41, 5.74) is -0.0109. The lowest BCUT2D eigenvalue weighted by molar-refractivity contribution is -0.142. The number of rotatable bonds is 4. The summed E-state index contributed by atoms with van der Waals surface area (Å²) in [4.78, 5) is 15.2. The van der Waals surface area contributed by atoms with E-state index < -0.39 is 12.4 Å². The summed E-state index contributed by atoms with van der Waals surface area (Å²) in [5.74, 6) is -0.525. The van der Waals surface area contributed by atoms with E-state index in [1.165, 1.54) is 6.07 Å². The summed E-state index contributed by atoms with van der Waals surface area (Å²) >= 11 is 4.88. The number of carbonyl (C=O) groups is 1. The number of ether oxygens (including phenoxy) is 1. The fourth-order valence-electron chi connectivity index (χ4n) is 1.28. The average molecular weight is 420 g/mol.